The van der Waals surface area contributed by atoms with Crippen molar-refractivity contribution in [3.8, 4) is 0 Å². The number of benzene rings is 2. The molecule has 5 heteroatoms. The Morgan fingerprint density at radius 3 is 2.67 bits per heavy atom. The van der Waals surface area contributed by atoms with Gasteiger partial charge in [-0.2, -0.15) is 0 Å². The van der Waals surface area contributed by atoms with Crippen LogP contribution in [0.5, 0.6) is 0 Å². The molecule has 2 heterocycles. The smallest absolute Gasteiger partial charge is 0.232 e. The van der Waals surface area contributed by atoms with Gasteiger partial charge < -0.3 is 15.5 Å². The molecule has 2 N–H and O–H groups in total. The van der Waals surface area contributed by atoms with Crippen LogP contribution in [-0.4, -0.2) is 24.9 Å². The van der Waals surface area contributed by atoms with Crippen molar-refractivity contribution < 1.29 is 9.59 Å². The Morgan fingerprint density at radius 1 is 1.07 bits per heavy atom. The van der Waals surface area contributed by atoms with Crippen LogP contribution in [0.4, 0.5) is 11.4 Å². The summed E-state index contributed by atoms with van der Waals surface area (Å²) in [5.41, 5.74) is 4.23. The number of amides is 2. The van der Waals surface area contributed by atoms with Gasteiger partial charge in [-0.25, -0.2) is 0 Å². The largest absolute Gasteiger partial charge is 0.371 e. The highest BCUT2D eigenvalue weighted by Gasteiger charge is 2.30. The summed E-state index contributed by atoms with van der Waals surface area (Å²) < 4.78 is 0. The van der Waals surface area contributed by atoms with E-state index in [-0.39, 0.29) is 17.7 Å². The molecule has 2 aliphatic rings. The van der Waals surface area contributed by atoms with E-state index in [2.05, 4.69) is 33.7 Å². The van der Waals surface area contributed by atoms with Gasteiger partial charge >= 0.3 is 0 Å². The monoisotopic (exact) mass is 363 g/mol. The fraction of sp³-hybridized carbons (Fsp3) is 0.364. The van der Waals surface area contributed by atoms with E-state index in [1.165, 1.54) is 18.5 Å². The van der Waals surface area contributed by atoms with E-state index in [1.807, 2.05) is 30.3 Å². The van der Waals surface area contributed by atoms with Crippen molar-refractivity contribution in [1.82, 2.24) is 5.32 Å². The Balaban J connectivity index is 1.33. The molecule has 0 aliphatic carbocycles. The first-order valence-electron chi connectivity index (χ1n) is 9.72. The van der Waals surface area contributed by atoms with Crippen molar-refractivity contribution in [2.75, 3.05) is 23.3 Å². The molecule has 140 valence electrons. The molecule has 4 rings (SSSR count). The molecule has 0 saturated carbocycles. The highest BCUT2D eigenvalue weighted by Crippen LogP contribution is 2.35. The minimum Gasteiger partial charge on any atom is -0.371 e. The molecule has 27 heavy (non-hydrogen) atoms. The average Bonchev–Trinajstić information content (AvgIpc) is 3.32. The second-order valence-corrected chi connectivity index (χ2v) is 7.27. The van der Waals surface area contributed by atoms with Crippen molar-refractivity contribution in [2.24, 2.45) is 0 Å². The summed E-state index contributed by atoms with van der Waals surface area (Å²) in [6, 6.07) is 16.0. The van der Waals surface area contributed by atoms with Gasteiger partial charge in [-0.05, 0) is 42.5 Å². The third kappa shape index (κ3) is 3.82. The molecule has 0 radical (unpaired) electrons. The van der Waals surface area contributed by atoms with Gasteiger partial charge in [-0.1, -0.05) is 36.4 Å². The highest BCUT2D eigenvalue weighted by molar-refractivity contribution is 6.03. The van der Waals surface area contributed by atoms with Crippen LogP contribution in [0.1, 0.15) is 42.7 Å². The summed E-state index contributed by atoms with van der Waals surface area (Å²) in [5.74, 6) is -0.254. The zero-order valence-electron chi connectivity index (χ0n) is 15.4. The van der Waals surface area contributed by atoms with Crippen LogP contribution in [0, 0.1) is 0 Å². The summed E-state index contributed by atoms with van der Waals surface area (Å²) in [7, 11) is 0. The summed E-state index contributed by atoms with van der Waals surface area (Å²) in [5, 5.41) is 5.92. The number of carbonyl (C=O) groups excluding carboxylic acids is 2. The van der Waals surface area contributed by atoms with Gasteiger partial charge in [0.2, 0.25) is 11.8 Å². The number of nitrogens with one attached hydrogen (secondary N) is 2. The number of para-hydroxylation sites is 2. The SMILES string of the molecule is O=C(CC[C@@H]1C(=O)Nc2ccccc21)NCc1ccccc1N1CCCC1. The van der Waals surface area contributed by atoms with Crippen molar-refractivity contribution in [3.05, 3.63) is 59.7 Å². The lowest BCUT2D eigenvalue weighted by Gasteiger charge is -2.21. The topological polar surface area (TPSA) is 61.4 Å². The second kappa shape index (κ2) is 7.82. The van der Waals surface area contributed by atoms with E-state index in [0.29, 0.717) is 19.4 Å². The molecule has 2 aromatic carbocycles. The van der Waals surface area contributed by atoms with Crippen LogP contribution in [0.2, 0.25) is 0 Å². The molecule has 0 spiro atoms. The predicted molar refractivity (Wildman–Crippen MR) is 107 cm³/mol. The van der Waals surface area contributed by atoms with Crippen LogP contribution >= 0.6 is 0 Å². The average molecular weight is 363 g/mol. The summed E-state index contributed by atoms with van der Waals surface area (Å²) in [6.07, 6.45) is 3.33. The summed E-state index contributed by atoms with van der Waals surface area (Å²) >= 11 is 0. The zero-order chi connectivity index (χ0) is 18.6. The first-order chi connectivity index (χ1) is 13.2. The van der Waals surface area contributed by atoms with E-state index in [1.54, 1.807) is 0 Å². The van der Waals surface area contributed by atoms with Crippen molar-refractivity contribution >= 4 is 23.2 Å². The first-order valence-corrected chi connectivity index (χ1v) is 9.72. The van der Waals surface area contributed by atoms with Crippen LogP contribution in [0.15, 0.2) is 48.5 Å². The van der Waals surface area contributed by atoms with Gasteiger partial charge in [-0.15, -0.1) is 0 Å². The van der Waals surface area contributed by atoms with E-state index >= 15 is 0 Å². The Morgan fingerprint density at radius 2 is 1.81 bits per heavy atom. The number of carbonyl (C=O) groups is 2. The second-order valence-electron chi connectivity index (χ2n) is 7.27. The maximum Gasteiger partial charge on any atom is 0.232 e. The molecule has 5 nitrogen and oxygen atoms in total. The maximum atomic E-state index is 12.4. The lowest BCUT2D eigenvalue weighted by atomic mass is 9.95. The minimum atomic E-state index is -0.233. The highest BCUT2D eigenvalue weighted by atomic mass is 16.2. The number of hydrogen-bond acceptors (Lipinski definition) is 3. The molecule has 0 bridgehead atoms. The molecule has 0 unspecified atom stereocenters. The zero-order valence-corrected chi connectivity index (χ0v) is 15.4. The molecular weight excluding hydrogens is 338 g/mol. The van der Waals surface area contributed by atoms with E-state index in [4.69, 9.17) is 0 Å². The van der Waals surface area contributed by atoms with Gasteiger partial charge in [0, 0.05) is 37.4 Å². The molecule has 1 fully saturated rings. The van der Waals surface area contributed by atoms with Gasteiger partial charge in [0.15, 0.2) is 0 Å². The van der Waals surface area contributed by atoms with E-state index in [9.17, 15) is 9.59 Å². The number of rotatable bonds is 6. The number of nitrogens with zero attached hydrogens (tertiary/aromatic N) is 1. The van der Waals surface area contributed by atoms with Crippen LogP contribution in [-0.2, 0) is 16.1 Å². The van der Waals surface area contributed by atoms with E-state index in [0.717, 1.165) is 29.9 Å². The number of hydrogen-bond donors (Lipinski definition) is 2. The third-order valence-corrected chi connectivity index (χ3v) is 5.49. The van der Waals surface area contributed by atoms with Gasteiger partial charge in [0.25, 0.3) is 0 Å². The van der Waals surface area contributed by atoms with Crippen molar-refractivity contribution in [1.29, 1.82) is 0 Å². The molecule has 1 atom stereocenters. The molecule has 2 aromatic rings. The normalized spacial score (nSPS) is 18.3. The fourth-order valence-corrected chi connectivity index (χ4v) is 4.05. The van der Waals surface area contributed by atoms with Gasteiger partial charge in [0.05, 0.1) is 5.92 Å². The Kier molecular flexibility index (Phi) is 5.10. The van der Waals surface area contributed by atoms with Crippen molar-refractivity contribution in [2.45, 2.75) is 38.1 Å². The Hall–Kier alpha value is -2.82. The van der Waals surface area contributed by atoms with Crippen molar-refractivity contribution in [3.63, 3.8) is 0 Å². The predicted octanol–water partition coefficient (Wildman–Crippen LogP) is 3.42. The molecule has 2 aliphatic heterocycles. The number of fused-ring (bicyclic) bond motifs is 1. The number of anilines is 2. The quantitative estimate of drug-likeness (QED) is 0.827. The third-order valence-electron chi connectivity index (χ3n) is 5.49. The Bertz CT molecular complexity index is 843. The standard InChI is InChI=1S/C22H25N3O2/c26-21(12-11-18-17-8-2-3-9-19(17)24-22(18)27)23-15-16-7-1-4-10-20(16)25-13-5-6-14-25/h1-4,7-10,18H,5-6,11-15H2,(H,23,26)(H,24,27)/t18-/m0/s1. The van der Waals surface area contributed by atoms with Gasteiger partial charge in [0.1, 0.15) is 0 Å². The fourth-order valence-electron chi connectivity index (χ4n) is 4.05. The molecule has 0 aromatic heterocycles. The van der Waals surface area contributed by atoms with Gasteiger partial charge in [-0.3, -0.25) is 9.59 Å². The first kappa shape index (κ1) is 17.6. The lowest BCUT2D eigenvalue weighted by molar-refractivity contribution is -0.121. The molecule has 2 amide bonds. The van der Waals surface area contributed by atoms with Crippen LogP contribution in [0.25, 0.3) is 0 Å². The lowest BCUT2D eigenvalue weighted by Crippen LogP contribution is -2.26. The van der Waals surface area contributed by atoms with Crippen LogP contribution in [0.3, 0.4) is 0 Å². The summed E-state index contributed by atoms with van der Waals surface area (Å²) in [4.78, 5) is 26.9. The summed E-state index contributed by atoms with van der Waals surface area (Å²) in [6.45, 7) is 2.70. The van der Waals surface area contributed by atoms with Crippen LogP contribution < -0.4 is 15.5 Å². The maximum absolute atomic E-state index is 12.4. The molecular formula is C22H25N3O2. The minimum absolute atomic E-state index is 0.0107. The Labute approximate surface area is 159 Å². The van der Waals surface area contributed by atoms with E-state index < -0.39 is 0 Å². The molecule has 1 saturated heterocycles.